The summed E-state index contributed by atoms with van der Waals surface area (Å²) in [4.78, 5) is 19.9. The standard InChI is InChI=1S/C23H22FN3O2S/c1-27-15(14-26-23(28)21-8-5-11-30-21)13-25-22(17-6-3-4-7-19(17)24)18-10-9-16(29-2)12-20(18)27/h3-12,15H,13-14H2,1-2H3,(H,26,28). The lowest BCUT2D eigenvalue weighted by Crippen LogP contribution is -2.43. The molecule has 2 aromatic carbocycles. The molecule has 2 heterocycles. The molecule has 0 bridgehead atoms. The Morgan fingerprint density at radius 1 is 1.23 bits per heavy atom. The molecule has 30 heavy (non-hydrogen) atoms. The number of methoxy groups -OCH3 is 1. The molecular weight excluding hydrogens is 401 g/mol. The predicted octanol–water partition coefficient (Wildman–Crippen LogP) is 3.98. The average molecular weight is 424 g/mol. The van der Waals surface area contributed by atoms with E-state index < -0.39 is 0 Å². The van der Waals surface area contributed by atoms with E-state index >= 15 is 0 Å². The topological polar surface area (TPSA) is 53.9 Å². The van der Waals surface area contributed by atoms with Gasteiger partial charge in [0.2, 0.25) is 0 Å². The number of hydrogen-bond acceptors (Lipinski definition) is 5. The van der Waals surface area contributed by atoms with Crippen LogP contribution in [0.4, 0.5) is 10.1 Å². The third-order valence-electron chi connectivity index (χ3n) is 5.22. The Morgan fingerprint density at radius 3 is 2.80 bits per heavy atom. The predicted molar refractivity (Wildman–Crippen MR) is 119 cm³/mol. The molecule has 1 N–H and O–H groups in total. The normalized spacial score (nSPS) is 15.8. The Labute approximate surface area is 178 Å². The van der Waals surface area contributed by atoms with Crippen molar-refractivity contribution in [2.45, 2.75) is 6.04 Å². The molecule has 0 radical (unpaired) electrons. The van der Waals surface area contributed by atoms with Crippen molar-refractivity contribution >= 4 is 28.6 Å². The van der Waals surface area contributed by atoms with E-state index in [1.54, 1.807) is 31.4 Å². The summed E-state index contributed by atoms with van der Waals surface area (Å²) in [6.07, 6.45) is 0. The van der Waals surface area contributed by atoms with E-state index in [1.807, 2.05) is 36.7 Å². The van der Waals surface area contributed by atoms with Crippen LogP contribution in [0.5, 0.6) is 5.75 Å². The molecule has 1 atom stereocenters. The number of hydrogen-bond donors (Lipinski definition) is 1. The number of likely N-dealkylation sites (N-methyl/N-ethyl adjacent to an activating group) is 1. The van der Waals surface area contributed by atoms with Crippen LogP contribution in [0.15, 0.2) is 65.0 Å². The molecule has 4 rings (SSSR count). The van der Waals surface area contributed by atoms with Crippen LogP contribution in [0.25, 0.3) is 0 Å². The van der Waals surface area contributed by atoms with Crippen molar-refractivity contribution in [3.05, 3.63) is 81.8 Å². The number of benzodiazepines with no additional fused rings is 1. The molecule has 0 saturated carbocycles. The van der Waals surface area contributed by atoms with Gasteiger partial charge in [0.25, 0.3) is 5.91 Å². The summed E-state index contributed by atoms with van der Waals surface area (Å²) in [6, 6.07) is 15.9. The fourth-order valence-electron chi connectivity index (χ4n) is 3.52. The number of thiophene rings is 1. The van der Waals surface area contributed by atoms with Crippen molar-refractivity contribution in [2.24, 2.45) is 4.99 Å². The summed E-state index contributed by atoms with van der Waals surface area (Å²) >= 11 is 1.40. The highest BCUT2D eigenvalue weighted by Gasteiger charge is 2.26. The summed E-state index contributed by atoms with van der Waals surface area (Å²) in [5.74, 6) is 0.286. The number of nitrogens with zero attached hydrogens (tertiary/aromatic N) is 2. The zero-order valence-electron chi connectivity index (χ0n) is 16.8. The van der Waals surface area contributed by atoms with Gasteiger partial charge in [-0.05, 0) is 35.7 Å². The summed E-state index contributed by atoms with van der Waals surface area (Å²) in [7, 11) is 3.57. The van der Waals surface area contributed by atoms with Gasteiger partial charge in [0.05, 0.1) is 30.3 Å². The van der Waals surface area contributed by atoms with Gasteiger partial charge >= 0.3 is 0 Å². The van der Waals surface area contributed by atoms with E-state index in [1.165, 1.54) is 17.4 Å². The van der Waals surface area contributed by atoms with Crippen LogP contribution < -0.4 is 15.0 Å². The number of aliphatic imine (C=N–C) groups is 1. The van der Waals surface area contributed by atoms with Crippen molar-refractivity contribution in [1.29, 1.82) is 0 Å². The minimum absolute atomic E-state index is 0.0935. The smallest absolute Gasteiger partial charge is 0.261 e. The number of amides is 1. The second-order valence-corrected chi connectivity index (χ2v) is 7.95. The van der Waals surface area contributed by atoms with Crippen LogP contribution in [-0.2, 0) is 0 Å². The summed E-state index contributed by atoms with van der Waals surface area (Å²) in [5, 5.41) is 4.87. The Bertz CT molecular complexity index is 1080. The maximum Gasteiger partial charge on any atom is 0.261 e. The number of halogens is 1. The van der Waals surface area contributed by atoms with Gasteiger partial charge in [0.15, 0.2) is 0 Å². The van der Waals surface area contributed by atoms with Gasteiger partial charge in [-0.1, -0.05) is 18.2 Å². The van der Waals surface area contributed by atoms with Crippen molar-refractivity contribution in [2.75, 3.05) is 32.1 Å². The first-order valence-electron chi connectivity index (χ1n) is 9.60. The SMILES string of the molecule is COc1ccc2c(c1)N(C)C(CNC(=O)c1cccs1)CN=C2c1ccccc1F. The molecule has 1 amide bonds. The van der Waals surface area contributed by atoms with Crippen molar-refractivity contribution < 1.29 is 13.9 Å². The maximum absolute atomic E-state index is 14.6. The minimum atomic E-state index is -0.315. The van der Waals surface area contributed by atoms with Crippen LogP contribution in [0, 0.1) is 5.82 Å². The Balaban J connectivity index is 1.68. The number of nitrogens with one attached hydrogen (secondary N) is 1. The number of carbonyl (C=O) groups excluding carboxylic acids is 1. The maximum atomic E-state index is 14.6. The quantitative estimate of drug-likeness (QED) is 0.675. The third-order valence-corrected chi connectivity index (χ3v) is 6.09. The molecule has 1 aliphatic rings. The molecule has 3 aromatic rings. The highest BCUT2D eigenvalue weighted by molar-refractivity contribution is 7.12. The molecular formula is C23H22FN3O2S. The zero-order valence-corrected chi connectivity index (χ0v) is 17.6. The fourth-order valence-corrected chi connectivity index (χ4v) is 4.16. The van der Waals surface area contributed by atoms with Gasteiger partial charge in [0, 0.05) is 36.5 Å². The zero-order chi connectivity index (χ0) is 21.1. The van der Waals surface area contributed by atoms with Gasteiger partial charge in [0.1, 0.15) is 11.6 Å². The molecule has 0 saturated heterocycles. The van der Waals surface area contributed by atoms with E-state index in [0.29, 0.717) is 35.0 Å². The van der Waals surface area contributed by atoms with Gasteiger partial charge < -0.3 is 15.0 Å². The van der Waals surface area contributed by atoms with Crippen LogP contribution in [-0.4, -0.2) is 44.9 Å². The lowest BCUT2D eigenvalue weighted by Gasteiger charge is -2.29. The van der Waals surface area contributed by atoms with Gasteiger partial charge in [-0.3, -0.25) is 9.79 Å². The lowest BCUT2D eigenvalue weighted by molar-refractivity contribution is 0.0955. The number of anilines is 1. The number of benzene rings is 2. The second-order valence-electron chi connectivity index (χ2n) is 7.00. The van der Waals surface area contributed by atoms with Gasteiger partial charge in [-0.2, -0.15) is 0 Å². The summed E-state index contributed by atoms with van der Waals surface area (Å²) < 4.78 is 20.0. The Kier molecular flexibility index (Phi) is 5.81. The highest BCUT2D eigenvalue weighted by Crippen LogP contribution is 2.31. The summed E-state index contributed by atoms with van der Waals surface area (Å²) in [5.41, 5.74) is 2.77. The molecule has 0 aliphatic carbocycles. The van der Waals surface area contributed by atoms with Gasteiger partial charge in [-0.15, -0.1) is 11.3 Å². The number of carbonyl (C=O) groups is 1. The molecule has 1 unspecified atom stereocenters. The Morgan fingerprint density at radius 2 is 2.07 bits per heavy atom. The number of ether oxygens (including phenoxy) is 1. The first-order chi connectivity index (χ1) is 14.6. The monoisotopic (exact) mass is 423 g/mol. The van der Waals surface area contributed by atoms with Crippen LogP contribution >= 0.6 is 11.3 Å². The fraction of sp³-hybridized carbons (Fsp3) is 0.217. The molecule has 5 nitrogen and oxygen atoms in total. The molecule has 1 aromatic heterocycles. The lowest BCUT2D eigenvalue weighted by atomic mass is 9.99. The van der Waals surface area contributed by atoms with Crippen LogP contribution in [0.2, 0.25) is 0 Å². The largest absolute Gasteiger partial charge is 0.497 e. The minimum Gasteiger partial charge on any atom is -0.497 e. The number of rotatable bonds is 5. The Hall–Kier alpha value is -3.19. The van der Waals surface area contributed by atoms with Crippen LogP contribution in [0.3, 0.4) is 0 Å². The third kappa shape index (κ3) is 3.93. The first-order valence-corrected chi connectivity index (χ1v) is 10.5. The molecule has 0 fully saturated rings. The van der Waals surface area contributed by atoms with E-state index in [9.17, 15) is 9.18 Å². The first kappa shape index (κ1) is 20.1. The average Bonchev–Trinajstić information content (AvgIpc) is 3.27. The molecule has 154 valence electrons. The van der Waals surface area contributed by atoms with Crippen molar-refractivity contribution in [3.63, 3.8) is 0 Å². The second kappa shape index (κ2) is 8.67. The van der Waals surface area contributed by atoms with Crippen LogP contribution in [0.1, 0.15) is 20.8 Å². The van der Waals surface area contributed by atoms with Crippen molar-refractivity contribution in [1.82, 2.24) is 5.32 Å². The van der Waals surface area contributed by atoms with Gasteiger partial charge in [-0.25, -0.2) is 4.39 Å². The molecule has 7 heteroatoms. The summed E-state index contributed by atoms with van der Waals surface area (Å²) in [6.45, 7) is 0.833. The molecule has 0 spiro atoms. The highest BCUT2D eigenvalue weighted by atomic mass is 32.1. The van der Waals surface area contributed by atoms with E-state index in [0.717, 1.165) is 11.3 Å². The van der Waals surface area contributed by atoms with E-state index in [2.05, 4.69) is 10.2 Å². The van der Waals surface area contributed by atoms with E-state index in [4.69, 9.17) is 9.73 Å². The van der Waals surface area contributed by atoms with E-state index in [-0.39, 0.29) is 17.8 Å². The number of fused-ring (bicyclic) bond motifs is 1. The van der Waals surface area contributed by atoms with Crippen molar-refractivity contribution in [3.8, 4) is 5.75 Å². The molecule has 1 aliphatic heterocycles.